The van der Waals surface area contributed by atoms with Crippen LogP contribution in [0.15, 0.2) is 24.3 Å². The number of benzene rings is 1. The number of aromatic carboxylic acids is 1. The van der Waals surface area contributed by atoms with Crippen LogP contribution in [0.4, 0.5) is 0 Å². The number of carbonyl (C=O) groups is 3. The number of carboxylic acids is 1. The smallest absolute Gasteiger partial charge is 0.335 e. The van der Waals surface area contributed by atoms with Crippen molar-refractivity contribution in [1.82, 2.24) is 0 Å². The molecule has 0 heterocycles. The molecule has 0 radical (unpaired) electrons. The maximum atomic E-state index is 12.8. The Morgan fingerprint density at radius 3 is 1.82 bits per heavy atom. The third-order valence-electron chi connectivity index (χ3n) is 5.04. The van der Waals surface area contributed by atoms with Crippen molar-refractivity contribution in [2.45, 2.75) is 107 Å². The van der Waals surface area contributed by atoms with E-state index >= 15 is 0 Å². The van der Waals surface area contributed by atoms with Crippen LogP contribution in [0.5, 0.6) is 0 Å². The lowest BCUT2D eigenvalue weighted by molar-refractivity contribution is -0.155. The lowest BCUT2D eigenvalue weighted by Crippen LogP contribution is -2.46. The molecular weight excluding hydrogens is 432 g/mol. The molecule has 0 aliphatic heterocycles. The largest absolute Gasteiger partial charge is 0.478 e. The maximum Gasteiger partial charge on any atom is 0.335 e. The maximum absolute atomic E-state index is 12.8. The second-order valence-corrected chi connectivity index (χ2v) is 11.2. The topological polar surface area (TPSA) is 89.9 Å². The Kier molecular flexibility index (Phi) is 14.2. The van der Waals surface area contributed by atoms with Crippen molar-refractivity contribution >= 4 is 18.2 Å². The SMILES string of the molecule is CC.CC(C)(C)CC(C)(C)C(=O)C(C)(C)OCCC(C)(C)OC=O.Cc1ccccc1C(=O)O. The van der Waals surface area contributed by atoms with Gasteiger partial charge in [-0.1, -0.05) is 66.7 Å². The predicted molar refractivity (Wildman–Crippen MR) is 138 cm³/mol. The summed E-state index contributed by atoms with van der Waals surface area (Å²) in [6, 6.07) is 6.92. The van der Waals surface area contributed by atoms with E-state index in [1.807, 2.05) is 61.5 Å². The normalized spacial score (nSPS) is 11.9. The van der Waals surface area contributed by atoms with Crippen molar-refractivity contribution in [3.8, 4) is 0 Å². The lowest BCUT2D eigenvalue weighted by atomic mass is 9.70. The van der Waals surface area contributed by atoms with Crippen LogP contribution in [-0.2, 0) is 19.1 Å². The minimum Gasteiger partial charge on any atom is -0.478 e. The van der Waals surface area contributed by atoms with E-state index in [0.717, 1.165) is 12.0 Å². The Balaban J connectivity index is 0. The molecule has 196 valence electrons. The van der Waals surface area contributed by atoms with Crippen LogP contribution in [0.2, 0.25) is 0 Å². The van der Waals surface area contributed by atoms with Gasteiger partial charge in [-0.25, -0.2) is 4.79 Å². The van der Waals surface area contributed by atoms with Crippen LogP contribution in [0.3, 0.4) is 0 Å². The minimum atomic E-state index is -0.863. The number of hydrogen-bond donors (Lipinski definition) is 1. The van der Waals surface area contributed by atoms with E-state index in [1.165, 1.54) is 0 Å². The molecule has 1 aromatic rings. The molecule has 0 saturated carbocycles. The van der Waals surface area contributed by atoms with Crippen LogP contribution >= 0.6 is 0 Å². The molecule has 34 heavy (non-hydrogen) atoms. The lowest BCUT2D eigenvalue weighted by Gasteiger charge is -2.37. The summed E-state index contributed by atoms with van der Waals surface area (Å²) < 4.78 is 10.8. The molecule has 1 aromatic carbocycles. The fourth-order valence-electron chi connectivity index (χ4n) is 3.84. The fourth-order valence-corrected chi connectivity index (χ4v) is 3.84. The Bertz CT molecular complexity index is 769. The van der Waals surface area contributed by atoms with Gasteiger partial charge in [0.15, 0.2) is 5.78 Å². The van der Waals surface area contributed by atoms with Crippen LogP contribution in [0.25, 0.3) is 0 Å². The third-order valence-corrected chi connectivity index (χ3v) is 5.04. The van der Waals surface area contributed by atoms with E-state index in [-0.39, 0.29) is 11.2 Å². The first-order valence-electron chi connectivity index (χ1n) is 11.9. The standard InChI is InChI=1S/C18H34O4.C8H8O2.C2H6/c1-15(2,3)12-16(4,5)14(20)18(8,9)21-11-10-17(6,7)22-13-19;1-6-4-2-3-5-7(6)8(9)10;1-2/h13H,10-12H2,1-9H3;2-5H,1H3,(H,9,10);1-2H3. The number of hydrogen-bond acceptors (Lipinski definition) is 5. The molecule has 0 unspecified atom stereocenters. The summed E-state index contributed by atoms with van der Waals surface area (Å²) in [5.74, 6) is -0.762. The summed E-state index contributed by atoms with van der Waals surface area (Å²) in [6.07, 6.45) is 1.34. The molecule has 0 fully saturated rings. The molecule has 0 bridgehead atoms. The number of aryl methyl sites for hydroxylation is 1. The van der Waals surface area contributed by atoms with Gasteiger partial charge in [0.25, 0.3) is 6.47 Å². The Hall–Kier alpha value is -2.21. The van der Waals surface area contributed by atoms with Crippen LogP contribution in [0, 0.1) is 17.8 Å². The number of carbonyl (C=O) groups excluding carboxylic acids is 2. The monoisotopic (exact) mass is 480 g/mol. The molecule has 6 nitrogen and oxygen atoms in total. The molecule has 0 aromatic heterocycles. The summed E-state index contributed by atoms with van der Waals surface area (Å²) in [5, 5.41) is 8.57. The molecule has 0 saturated heterocycles. The molecule has 1 rings (SSSR count). The summed E-state index contributed by atoms with van der Waals surface area (Å²) in [4.78, 5) is 33.7. The molecule has 0 spiro atoms. The Morgan fingerprint density at radius 1 is 0.941 bits per heavy atom. The van der Waals surface area contributed by atoms with Crippen LogP contribution in [0.1, 0.15) is 105 Å². The molecule has 0 atom stereocenters. The van der Waals surface area contributed by atoms with Gasteiger partial charge in [0, 0.05) is 11.8 Å². The summed E-state index contributed by atoms with van der Waals surface area (Å²) in [6.45, 7) is 24.2. The number of rotatable bonds is 10. The van der Waals surface area contributed by atoms with Crippen molar-refractivity contribution in [1.29, 1.82) is 0 Å². The van der Waals surface area contributed by atoms with Crippen LogP contribution < -0.4 is 0 Å². The van der Waals surface area contributed by atoms with Gasteiger partial charge in [0.05, 0.1) is 12.2 Å². The summed E-state index contributed by atoms with van der Waals surface area (Å²) >= 11 is 0. The van der Waals surface area contributed by atoms with Gasteiger partial charge < -0.3 is 14.6 Å². The molecule has 0 aliphatic carbocycles. The van der Waals surface area contributed by atoms with Crippen molar-refractivity contribution in [3.63, 3.8) is 0 Å². The molecular formula is C28H48O6. The van der Waals surface area contributed by atoms with E-state index in [9.17, 15) is 14.4 Å². The molecule has 0 aliphatic rings. The van der Waals surface area contributed by atoms with E-state index < -0.39 is 22.6 Å². The van der Waals surface area contributed by atoms with E-state index in [0.29, 0.717) is 25.1 Å². The number of ketones is 1. The molecule has 6 heteroatoms. The second kappa shape index (κ2) is 14.2. The molecule has 0 amide bonds. The first-order valence-corrected chi connectivity index (χ1v) is 11.9. The highest BCUT2D eigenvalue weighted by molar-refractivity contribution is 5.91. The van der Waals surface area contributed by atoms with Gasteiger partial charge in [0.1, 0.15) is 11.2 Å². The number of carboxylic acid groups (broad SMARTS) is 1. The Labute approximate surface area is 207 Å². The fraction of sp³-hybridized carbons (Fsp3) is 0.679. The summed E-state index contributed by atoms with van der Waals surface area (Å²) in [7, 11) is 0. The van der Waals surface area contributed by atoms with E-state index in [1.54, 1.807) is 25.1 Å². The van der Waals surface area contributed by atoms with Crippen molar-refractivity contribution in [2.75, 3.05) is 6.61 Å². The molecule has 1 N–H and O–H groups in total. The zero-order valence-electron chi connectivity index (χ0n) is 23.5. The first-order chi connectivity index (χ1) is 15.3. The van der Waals surface area contributed by atoms with Gasteiger partial charge >= 0.3 is 5.97 Å². The predicted octanol–water partition coefficient (Wildman–Crippen LogP) is 6.87. The minimum absolute atomic E-state index is 0.0784. The van der Waals surface area contributed by atoms with Gasteiger partial charge in [-0.2, -0.15) is 0 Å². The quantitative estimate of drug-likeness (QED) is 0.367. The van der Waals surface area contributed by atoms with Crippen molar-refractivity contribution in [3.05, 3.63) is 35.4 Å². The second-order valence-electron chi connectivity index (χ2n) is 11.2. The highest BCUT2D eigenvalue weighted by Crippen LogP contribution is 2.37. The number of Topliss-reactive ketones (excluding diaryl/α,β-unsaturated/α-hetero) is 1. The van der Waals surface area contributed by atoms with Crippen molar-refractivity contribution in [2.24, 2.45) is 10.8 Å². The number of ether oxygens (including phenoxy) is 2. The van der Waals surface area contributed by atoms with Gasteiger partial charge in [-0.05, 0) is 58.1 Å². The van der Waals surface area contributed by atoms with E-state index in [2.05, 4.69) is 20.8 Å². The van der Waals surface area contributed by atoms with E-state index in [4.69, 9.17) is 14.6 Å². The average molecular weight is 481 g/mol. The van der Waals surface area contributed by atoms with Gasteiger partial charge in [-0.15, -0.1) is 0 Å². The zero-order valence-corrected chi connectivity index (χ0v) is 23.5. The first kappa shape index (κ1) is 34.0. The highest BCUT2D eigenvalue weighted by Gasteiger charge is 2.42. The highest BCUT2D eigenvalue weighted by atomic mass is 16.5. The van der Waals surface area contributed by atoms with Gasteiger partial charge in [-0.3, -0.25) is 9.59 Å². The van der Waals surface area contributed by atoms with Crippen molar-refractivity contribution < 1.29 is 29.0 Å². The third kappa shape index (κ3) is 13.5. The average Bonchev–Trinajstić information content (AvgIpc) is 2.67. The Morgan fingerprint density at radius 2 is 1.44 bits per heavy atom. The van der Waals surface area contributed by atoms with Crippen LogP contribution in [-0.4, -0.2) is 41.1 Å². The van der Waals surface area contributed by atoms with Gasteiger partial charge in [0.2, 0.25) is 0 Å². The zero-order chi connectivity index (χ0) is 27.4. The summed E-state index contributed by atoms with van der Waals surface area (Å²) in [5.41, 5.74) is -0.628.